The first-order chi connectivity index (χ1) is 5.75. The Bertz CT molecular complexity index is 181. The van der Waals surface area contributed by atoms with Gasteiger partial charge in [-0.05, 0) is 18.1 Å². The minimum atomic E-state index is 0.189. The van der Waals surface area contributed by atoms with Crippen LogP contribution in [0.3, 0.4) is 0 Å². The van der Waals surface area contributed by atoms with Gasteiger partial charge in [-0.3, -0.25) is 0 Å². The fraction of sp³-hybridized carbons (Fsp3) is 0.909. The average Bonchev–Trinajstić information content (AvgIpc) is 2.01. The summed E-state index contributed by atoms with van der Waals surface area (Å²) in [7, 11) is 0. The number of hydrogen-bond acceptors (Lipinski definition) is 2. The Morgan fingerprint density at radius 2 is 1.69 bits per heavy atom. The molecule has 2 heteroatoms. The number of hydrogen-bond donors (Lipinski definition) is 0. The first-order valence-electron chi connectivity index (χ1n) is 4.83. The monoisotopic (exact) mass is 218 g/mol. The SMILES string of the molecule is CCC(C)(C)CC(C)(C)C(=S)SC. The Morgan fingerprint density at radius 1 is 1.23 bits per heavy atom. The van der Waals surface area contributed by atoms with Gasteiger partial charge in [0.25, 0.3) is 0 Å². The minimum Gasteiger partial charge on any atom is -0.122 e. The van der Waals surface area contributed by atoms with Crippen molar-refractivity contribution >= 4 is 28.2 Å². The highest BCUT2D eigenvalue weighted by molar-refractivity contribution is 8.22. The molecule has 0 rings (SSSR count). The van der Waals surface area contributed by atoms with E-state index in [4.69, 9.17) is 12.2 Å². The molecule has 78 valence electrons. The van der Waals surface area contributed by atoms with Crippen molar-refractivity contribution < 1.29 is 0 Å². The van der Waals surface area contributed by atoms with Crippen LogP contribution in [0.15, 0.2) is 0 Å². The van der Waals surface area contributed by atoms with Gasteiger partial charge in [-0.2, -0.15) is 0 Å². The quantitative estimate of drug-likeness (QED) is 0.636. The van der Waals surface area contributed by atoms with Gasteiger partial charge in [0.1, 0.15) is 0 Å². The maximum absolute atomic E-state index is 5.37. The van der Waals surface area contributed by atoms with E-state index in [1.807, 2.05) is 0 Å². The molecule has 0 aromatic heterocycles. The third-order valence-electron chi connectivity index (χ3n) is 2.62. The highest BCUT2D eigenvalue weighted by atomic mass is 32.2. The Kier molecular flexibility index (Phi) is 4.95. The molecule has 0 aliphatic carbocycles. The molecule has 0 saturated heterocycles. The Hall–Kier alpha value is 0.440. The summed E-state index contributed by atoms with van der Waals surface area (Å²) in [6.07, 6.45) is 4.46. The van der Waals surface area contributed by atoms with Gasteiger partial charge in [0.15, 0.2) is 0 Å². The van der Waals surface area contributed by atoms with E-state index in [1.54, 1.807) is 11.8 Å². The van der Waals surface area contributed by atoms with E-state index < -0.39 is 0 Å². The van der Waals surface area contributed by atoms with Crippen LogP contribution in [0, 0.1) is 10.8 Å². The molecule has 0 nitrogen and oxygen atoms in total. The number of thiocarbonyl (C=S) groups is 1. The van der Waals surface area contributed by atoms with Crippen molar-refractivity contribution in [3.05, 3.63) is 0 Å². The highest BCUT2D eigenvalue weighted by Gasteiger charge is 2.30. The normalized spacial score (nSPS) is 13.1. The standard InChI is InChI=1S/C11H22S2/c1-7-10(2,3)8-11(4,5)9(12)13-6/h7-8H2,1-6H3. The molecule has 0 aliphatic heterocycles. The van der Waals surface area contributed by atoms with Crippen LogP contribution in [0.2, 0.25) is 0 Å². The van der Waals surface area contributed by atoms with Crippen LogP contribution in [0.5, 0.6) is 0 Å². The lowest BCUT2D eigenvalue weighted by Gasteiger charge is -2.34. The van der Waals surface area contributed by atoms with E-state index in [0.717, 1.165) is 4.20 Å². The summed E-state index contributed by atoms with van der Waals surface area (Å²) in [4.78, 5) is 0. The van der Waals surface area contributed by atoms with Crippen molar-refractivity contribution in [3.8, 4) is 0 Å². The summed E-state index contributed by atoms with van der Waals surface area (Å²) in [6.45, 7) is 11.4. The van der Waals surface area contributed by atoms with Gasteiger partial charge in [0.05, 0.1) is 4.20 Å². The Balaban J connectivity index is 4.41. The minimum absolute atomic E-state index is 0.189. The summed E-state index contributed by atoms with van der Waals surface area (Å²) < 4.78 is 1.13. The predicted octanol–water partition coefficient (Wildman–Crippen LogP) is 4.53. The van der Waals surface area contributed by atoms with Crippen LogP contribution in [0.1, 0.15) is 47.5 Å². The van der Waals surface area contributed by atoms with Crippen molar-refractivity contribution in [1.82, 2.24) is 0 Å². The molecule has 0 aromatic rings. The molecule has 0 radical (unpaired) electrons. The molecule has 0 fully saturated rings. The van der Waals surface area contributed by atoms with Crippen molar-refractivity contribution in [2.75, 3.05) is 6.26 Å². The molecule has 0 aromatic carbocycles. The van der Waals surface area contributed by atoms with Crippen molar-refractivity contribution in [1.29, 1.82) is 0 Å². The van der Waals surface area contributed by atoms with Gasteiger partial charge in [0.2, 0.25) is 0 Å². The molecule has 0 saturated carbocycles. The van der Waals surface area contributed by atoms with E-state index in [2.05, 4.69) is 40.9 Å². The summed E-state index contributed by atoms with van der Waals surface area (Å²) in [5, 5.41) is 0. The molecular weight excluding hydrogens is 196 g/mol. The second-order valence-electron chi connectivity index (χ2n) is 5.07. The second kappa shape index (κ2) is 4.79. The fourth-order valence-electron chi connectivity index (χ4n) is 1.67. The zero-order valence-corrected chi connectivity index (χ0v) is 11.4. The maximum atomic E-state index is 5.37. The molecule has 0 heterocycles. The van der Waals surface area contributed by atoms with Crippen LogP contribution >= 0.6 is 24.0 Å². The molecule has 13 heavy (non-hydrogen) atoms. The summed E-state index contributed by atoms with van der Waals surface area (Å²) in [5.41, 5.74) is 0.595. The fourth-order valence-corrected chi connectivity index (χ4v) is 2.37. The maximum Gasteiger partial charge on any atom is 0.0532 e. The molecule has 0 unspecified atom stereocenters. The second-order valence-corrected chi connectivity index (χ2v) is 6.55. The molecular formula is C11H22S2. The van der Waals surface area contributed by atoms with Gasteiger partial charge in [-0.25, -0.2) is 0 Å². The molecule has 0 atom stereocenters. The molecule has 0 bridgehead atoms. The van der Waals surface area contributed by atoms with Gasteiger partial charge in [0, 0.05) is 5.41 Å². The molecule has 0 amide bonds. The van der Waals surface area contributed by atoms with Crippen LogP contribution in [0.25, 0.3) is 0 Å². The lowest BCUT2D eigenvalue weighted by atomic mass is 9.75. The smallest absolute Gasteiger partial charge is 0.0532 e. The van der Waals surface area contributed by atoms with Gasteiger partial charge >= 0.3 is 0 Å². The van der Waals surface area contributed by atoms with E-state index in [0.29, 0.717) is 5.41 Å². The first kappa shape index (κ1) is 13.4. The predicted molar refractivity (Wildman–Crippen MR) is 68.6 cm³/mol. The van der Waals surface area contributed by atoms with Crippen molar-refractivity contribution in [3.63, 3.8) is 0 Å². The zero-order chi connectivity index (χ0) is 10.7. The zero-order valence-electron chi connectivity index (χ0n) is 9.73. The third-order valence-corrected chi connectivity index (χ3v) is 4.59. The number of rotatable bonds is 4. The van der Waals surface area contributed by atoms with Crippen LogP contribution in [0.4, 0.5) is 0 Å². The summed E-state index contributed by atoms with van der Waals surface area (Å²) >= 11 is 7.08. The van der Waals surface area contributed by atoms with Crippen LogP contribution in [-0.4, -0.2) is 10.5 Å². The Morgan fingerprint density at radius 3 is 2.00 bits per heavy atom. The summed E-state index contributed by atoms with van der Waals surface area (Å²) in [5.74, 6) is 0. The largest absolute Gasteiger partial charge is 0.122 e. The highest BCUT2D eigenvalue weighted by Crippen LogP contribution is 2.39. The van der Waals surface area contributed by atoms with E-state index in [-0.39, 0.29) is 5.41 Å². The van der Waals surface area contributed by atoms with Gasteiger partial charge in [-0.1, -0.05) is 53.3 Å². The molecule has 0 aliphatic rings. The number of thioether (sulfide) groups is 1. The van der Waals surface area contributed by atoms with E-state index in [1.165, 1.54) is 12.8 Å². The average molecular weight is 218 g/mol. The van der Waals surface area contributed by atoms with Crippen molar-refractivity contribution in [2.45, 2.75) is 47.5 Å². The summed E-state index contributed by atoms with van der Waals surface area (Å²) in [6, 6.07) is 0. The topological polar surface area (TPSA) is 0 Å². The molecule has 0 spiro atoms. The lowest BCUT2D eigenvalue weighted by Crippen LogP contribution is -2.27. The Labute approximate surface area is 92.9 Å². The van der Waals surface area contributed by atoms with Crippen molar-refractivity contribution in [2.24, 2.45) is 10.8 Å². The van der Waals surface area contributed by atoms with E-state index >= 15 is 0 Å². The lowest BCUT2D eigenvalue weighted by molar-refractivity contribution is 0.247. The van der Waals surface area contributed by atoms with Gasteiger partial charge < -0.3 is 0 Å². The third kappa shape index (κ3) is 4.46. The van der Waals surface area contributed by atoms with Gasteiger partial charge in [-0.15, -0.1) is 11.8 Å². The van der Waals surface area contributed by atoms with Crippen LogP contribution in [-0.2, 0) is 0 Å². The first-order valence-corrected chi connectivity index (χ1v) is 6.47. The van der Waals surface area contributed by atoms with Crippen LogP contribution < -0.4 is 0 Å². The van der Waals surface area contributed by atoms with E-state index in [9.17, 15) is 0 Å². The molecule has 0 N–H and O–H groups in total.